The highest BCUT2D eigenvalue weighted by molar-refractivity contribution is 7.99. The van der Waals surface area contributed by atoms with Gasteiger partial charge in [-0.15, -0.1) is 11.8 Å². The molecule has 1 unspecified atom stereocenters. The summed E-state index contributed by atoms with van der Waals surface area (Å²) < 4.78 is 1.43. The molecule has 0 spiro atoms. The molecule has 0 radical (unpaired) electrons. The van der Waals surface area contributed by atoms with Crippen LogP contribution in [-0.2, 0) is 5.54 Å². The Balaban J connectivity index is 2.29. The second-order valence-electron chi connectivity index (χ2n) is 6.38. The topological polar surface area (TPSA) is 34.9 Å². The Kier molecular flexibility index (Phi) is 5.03. The second-order valence-corrected chi connectivity index (χ2v) is 8.14. The first-order valence-electron chi connectivity index (χ1n) is 7.21. The summed E-state index contributed by atoms with van der Waals surface area (Å²) in [5.74, 6) is 0. The first kappa shape index (κ1) is 17.1. The van der Waals surface area contributed by atoms with Gasteiger partial charge in [0, 0.05) is 5.25 Å². The predicted octanol–water partition coefficient (Wildman–Crippen LogP) is 4.81. The molecule has 0 aliphatic heterocycles. The molecule has 0 bridgehead atoms. The summed E-state index contributed by atoms with van der Waals surface area (Å²) in [6.07, 6.45) is 1.68. The summed E-state index contributed by atoms with van der Waals surface area (Å²) in [6.45, 7) is 9.95. The fourth-order valence-corrected chi connectivity index (χ4v) is 3.31. The molecule has 0 fully saturated rings. The minimum Gasteiger partial charge on any atom is -0.266 e. The largest absolute Gasteiger partial charge is 0.287 e. The molecule has 1 atom stereocenters. The van der Waals surface area contributed by atoms with Gasteiger partial charge in [-0.05, 0) is 40.2 Å². The number of hydrogen-bond acceptors (Lipinski definition) is 3. The van der Waals surface area contributed by atoms with Crippen molar-refractivity contribution in [3.63, 3.8) is 0 Å². The van der Waals surface area contributed by atoms with Crippen molar-refractivity contribution in [3.05, 3.63) is 57.0 Å². The Bertz CT molecular complexity index is 717. The van der Waals surface area contributed by atoms with Crippen LogP contribution in [0.1, 0.15) is 44.1 Å². The van der Waals surface area contributed by atoms with Crippen LogP contribution in [0, 0.1) is 6.92 Å². The van der Waals surface area contributed by atoms with Gasteiger partial charge in [0.15, 0.2) is 0 Å². The highest BCUT2D eigenvalue weighted by Gasteiger charge is 2.20. The molecule has 1 heterocycles. The lowest BCUT2D eigenvalue weighted by atomic mass is 10.1. The predicted molar refractivity (Wildman–Crippen MR) is 94.0 cm³/mol. The molecule has 0 aliphatic rings. The molecule has 1 aromatic heterocycles. The van der Waals surface area contributed by atoms with E-state index in [0.717, 1.165) is 4.90 Å². The zero-order chi connectivity index (χ0) is 16.5. The number of halogens is 1. The van der Waals surface area contributed by atoms with Gasteiger partial charge in [0.25, 0.3) is 5.56 Å². The summed E-state index contributed by atoms with van der Waals surface area (Å²) in [5.41, 5.74) is 1.81. The second kappa shape index (κ2) is 6.47. The fraction of sp³-hybridized carbons (Fsp3) is 0.412. The quantitative estimate of drug-likeness (QED) is 0.754. The monoisotopic (exact) mass is 336 g/mol. The van der Waals surface area contributed by atoms with E-state index in [1.165, 1.54) is 15.8 Å². The molecular formula is C17H21ClN2OS. The van der Waals surface area contributed by atoms with Crippen LogP contribution in [0.3, 0.4) is 0 Å². The highest BCUT2D eigenvalue weighted by atomic mass is 35.5. The lowest BCUT2D eigenvalue weighted by Gasteiger charge is -2.21. The molecule has 3 nitrogen and oxygen atoms in total. The molecule has 0 aliphatic carbocycles. The van der Waals surface area contributed by atoms with Crippen molar-refractivity contribution >= 4 is 23.4 Å². The van der Waals surface area contributed by atoms with E-state index < -0.39 is 0 Å². The molecule has 2 rings (SSSR count). The maximum absolute atomic E-state index is 12.4. The third kappa shape index (κ3) is 3.73. The third-order valence-corrected chi connectivity index (χ3v) is 5.04. The molecular weight excluding hydrogens is 316 g/mol. The van der Waals surface area contributed by atoms with E-state index in [2.05, 4.69) is 43.2 Å². The summed E-state index contributed by atoms with van der Waals surface area (Å²) in [4.78, 5) is 13.1. The van der Waals surface area contributed by atoms with Crippen molar-refractivity contribution in [2.24, 2.45) is 0 Å². The van der Waals surface area contributed by atoms with Gasteiger partial charge < -0.3 is 0 Å². The molecule has 2 aromatic rings. The Morgan fingerprint density at radius 3 is 2.36 bits per heavy atom. The van der Waals surface area contributed by atoms with E-state index in [1.807, 2.05) is 20.8 Å². The molecule has 0 amide bonds. The standard InChI is InChI=1S/C17H21ClN2OS/c1-11-6-8-13(9-7-11)12(2)22-14-10-19-20(17(3,4)5)16(21)15(14)18/h6-10,12H,1-5H3. The number of thioether (sulfide) groups is 1. The minimum atomic E-state index is -0.382. The average Bonchev–Trinajstić information content (AvgIpc) is 2.43. The van der Waals surface area contributed by atoms with Crippen molar-refractivity contribution in [1.29, 1.82) is 0 Å². The van der Waals surface area contributed by atoms with Gasteiger partial charge in [0.05, 0.1) is 16.6 Å². The van der Waals surface area contributed by atoms with Gasteiger partial charge in [-0.1, -0.05) is 41.4 Å². The van der Waals surface area contributed by atoms with Crippen LogP contribution >= 0.6 is 23.4 Å². The minimum absolute atomic E-state index is 0.199. The van der Waals surface area contributed by atoms with Gasteiger partial charge in [-0.2, -0.15) is 5.10 Å². The maximum Gasteiger partial charge on any atom is 0.287 e. The zero-order valence-electron chi connectivity index (χ0n) is 13.6. The molecule has 0 saturated heterocycles. The Morgan fingerprint density at radius 2 is 1.82 bits per heavy atom. The van der Waals surface area contributed by atoms with Crippen molar-refractivity contribution in [1.82, 2.24) is 9.78 Å². The first-order chi connectivity index (χ1) is 10.2. The Morgan fingerprint density at radius 1 is 1.23 bits per heavy atom. The van der Waals surface area contributed by atoms with Gasteiger partial charge in [-0.25, -0.2) is 4.68 Å². The summed E-state index contributed by atoms with van der Waals surface area (Å²) in [7, 11) is 0. The number of benzene rings is 1. The Hall–Kier alpha value is -1.26. The lowest BCUT2D eigenvalue weighted by molar-refractivity contribution is 0.336. The van der Waals surface area contributed by atoms with Gasteiger partial charge in [0.1, 0.15) is 5.02 Å². The van der Waals surface area contributed by atoms with Crippen LogP contribution in [0.15, 0.2) is 40.2 Å². The van der Waals surface area contributed by atoms with E-state index in [-0.39, 0.29) is 21.4 Å². The van der Waals surface area contributed by atoms with Crippen LogP contribution in [0.4, 0.5) is 0 Å². The molecule has 22 heavy (non-hydrogen) atoms. The number of aryl methyl sites for hydroxylation is 1. The number of aromatic nitrogens is 2. The molecule has 0 saturated carbocycles. The van der Waals surface area contributed by atoms with E-state index in [4.69, 9.17) is 11.6 Å². The highest BCUT2D eigenvalue weighted by Crippen LogP contribution is 2.37. The fourth-order valence-electron chi connectivity index (χ4n) is 2.07. The van der Waals surface area contributed by atoms with Crippen LogP contribution in [0.5, 0.6) is 0 Å². The van der Waals surface area contributed by atoms with Crippen LogP contribution in [-0.4, -0.2) is 9.78 Å². The Labute approximate surface area is 140 Å². The number of hydrogen-bond donors (Lipinski definition) is 0. The van der Waals surface area contributed by atoms with Crippen molar-refractivity contribution in [2.75, 3.05) is 0 Å². The van der Waals surface area contributed by atoms with Gasteiger partial charge in [-0.3, -0.25) is 4.79 Å². The number of nitrogens with zero attached hydrogens (tertiary/aromatic N) is 2. The summed E-state index contributed by atoms with van der Waals surface area (Å²) in [6, 6.07) is 8.38. The van der Waals surface area contributed by atoms with Crippen LogP contribution < -0.4 is 5.56 Å². The molecule has 5 heteroatoms. The van der Waals surface area contributed by atoms with E-state index >= 15 is 0 Å². The zero-order valence-corrected chi connectivity index (χ0v) is 15.1. The molecule has 0 N–H and O–H groups in total. The van der Waals surface area contributed by atoms with E-state index in [0.29, 0.717) is 0 Å². The first-order valence-corrected chi connectivity index (χ1v) is 8.47. The lowest BCUT2D eigenvalue weighted by Crippen LogP contribution is -2.36. The van der Waals surface area contributed by atoms with Crippen molar-refractivity contribution in [2.45, 2.75) is 50.3 Å². The SMILES string of the molecule is Cc1ccc(C(C)Sc2cnn(C(C)(C)C)c(=O)c2Cl)cc1. The van der Waals surface area contributed by atoms with Crippen LogP contribution in [0.25, 0.3) is 0 Å². The normalized spacial score (nSPS) is 13.2. The average molecular weight is 337 g/mol. The molecule has 118 valence electrons. The van der Waals surface area contributed by atoms with E-state index in [9.17, 15) is 4.79 Å². The maximum atomic E-state index is 12.4. The smallest absolute Gasteiger partial charge is 0.266 e. The van der Waals surface area contributed by atoms with Gasteiger partial charge in [0.2, 0.25) is 0 Å². The van der Waals surface area contributed by atoms with Crippen LogP contribution in [0.2, 0.25) is 5.02 Å². The number of rotatable bonds is 3. The van der Waals surface area contributed by atoms with Crippen molar-refractivity contribution in [3.8, 4) is 0 Å². The summed E-state index contributed by atoms with van der Waals surface area (Å²) >= 11 is 7.82. The summed E-state index contributed by atoms with van der Waals surface area (Å²) in [5, 5.41) is 4.71. The molecule has 1 aromatic carbocycles. The van der Waals surface area contributed by atoms with Crippen molar-refractivity contribution < 1.29 is 0 Å². The van der Waals surface area contributed by atoms with Gasteiger partial charge >= 0.3 is 0 Å². The third-order valence-electron chi connectivity index (χ3n) is 3.37. The van der Waals surface area contributed by atoms with E-state index in [1.54, 1.807) is 18.0 Å².